The van der Waals surface area contributed by atoms with E-state index in [0.29, 0.717) is 5.15 Å². The molecule has 0 N–H and O–H groups in total. The molecule has 1 aromatic heterocycles. The van der Waals surface area contributed by atoms with Crippen LogP contribution in [0.15, 0.2) is 0 Å². The van der Waals surface area contributed by atoms with Crippen LogP contribution in [-0.2, 0) is 23.0 Å². The Bertz CT molecular complexity index is 413. The molecular formula is C12H19ClN2O2. The molecule has 0 saturated carbocycles. The highest BCUT2D eigenvalue weighted by Gasteiger charge is 2.24. The fourth-order valence-corrected chi connectivity index (χ4v) is 2.17. The van der Waals surface area contributed by atoms with E-state index >= 15 is 0 Å². The van der Waals surface area contributed by atoms with Crippen molar-refractivity contribution in [2.45, 2.75) is 33.3 Å². The molecule has 1 atom stereocenters. The number of hydrogen-bond acceptors (Lipinski definition) is 3. The number of hydrogen-bond donors (Lipinski definition) is 0. The lowest BCUT2D eigenvalue weighted by Gasteiger charge is -2.17. The average Bonchev–Trinajstić information content (AvgIpc) is 2.45. The molecule has 0 aliphatic rings. The fourth-order valence-electron chi connectivity index (χ4n) is 1.92. The van der Waals surface area contributed by atoms with Gasteiger partial charge < -0.3 is 4.74 Å². The summed E-state index contributed by atoms with van der Waals surface area (Å²) in [5, 5.41) is 4.71. The minimum atomic E-state index is -0.384. The number of carbonyl (C=O) groups excluding carboxylic acids is 1. The summed E-state index contributed by atoms with van der Waals surface area (Å²) in [6, 6.07) is 0. The average molecular weight is 259 g/mol. The van der Waals surface area contributed by atoms with Crippen molar-refractivity contribution in [1.82, 2.24) is 9.78 Å². The molecule has 1 aromatic rings. The van der Waals surface area contributed by atoms with Crippen LogP contribution in [0.25, 0.3) is 0 Å². The van der Waals surface area contributed by atoms with Crippen molar-refractivity contribution in [1.29, 1.82) is 0 Å². The quantitative estimate of drug-likeness (QED) is 0.813. The molecule has 0 saturated heterocycles. The topological polar surface area (TPSA) is 44.1 Å². The molecule has 0 aliphatic carbocycles. The number of halogens is 1. The molecule has 5 heteroatoms. The summed E-state index contributed by atoms with van der Waals surface area (Å²) in [6.45, 7) is 5.78. The van der Waals surface area contributed by atoms with Gasteiger partial charge in [0, 0.05) is 26.1 Å². The lowest BCUT2D eigenvalue weighted by molar-refractivity contribution is -0.130. The summed E-state index contributed by atoms with van der Waals surface area (Å²) in [6.07, 6.45) is -0.111. The first-order valence-corrected chi connectivity index (χ1v) is 5.99. The number of ketones is 1. The highest BCUT2D eigenvalue weighted by molar-refractivity contribution is 6.30. The van der Waals surface area contributed by atoms with E-state index in [1.807, 2.05) is 20.8 Å². The van der Waals surface area contributed by atoms with Gasteiger partial charge in [-0.1, -0.05) is 25.4 Å². The number of aromatic nitrogens is 2. The van der Waals surface area contributed by atoms with Gasteiger partial charge in [0.25, 0.3) is 0 Å². The van der Waals surface area contributed by atoms with E-state index in [1.54, 1.807) is 18.8 Å². The Hall–Kier alpha value is -0.870. The molecule has 1 heterocycles. The van der Waals surface area contributed by atoms with E-state index in [9.17, 15) is 4.79 Å². The maximum absolute atomic E-state index is 12.1. The van der Waals surface area contributed by atoms with Crippen LogP contribution in [0.2, 0.25) is 5.15 Å². The molecule has 0 radical (unpaired) electrons. The van der Waals surface area contributed by atoms with Crippen molar-refractivity contribution in [3.8, 4) is 0 Å². The first-order valence-electron chi connectivity index (χ1n) is 5.62. The van der Waals surface area contributed by atoms with E-state index in [0.717, 1.165) is 11.3 Å². The van der Waals surface area contributed by atoms with Gasteiger partial charge in [-0.05, 0) is 12.8 Å². The van der Waals surface area contributed by atoms with Crippen molar-refractivity contribution < 1.29 is 9.53 Å². The van der Waals surface area contributed by atoms with E-state index in [-0.39, 0.29) is 24.2 Å². The maximum atomic E-state index is 12.1. The maximum Gasteiger partial charge on any atom is 0.166 e. The summed E-state index contributed by atoms with van der Waals surface area (Å²) in [5.41, 5.74) is 1.59. The van der Waals surface area contributed by atoms with E-state index in [1.165, 1.54) is 0 Å². The number of nitrogens with zero attached hydrogens (tertiary/aromatic N) is 2. The van der Waals surface area contributed by atoms with Gasteiger partial charge in [0.1, 0.15) is 11.3 Å². The van der Waals surface area contributed by atoms with Gasteiger partial charge in [0.15, 0.2) is 5.78 Å². The second-order valence-corrected chi connectivity index (χ2v) is 4.88. The Morgan fingerprint density at radius 2 is 2.12 bits per heavy atom. The second-order valence-electron chi connectivity index (χ2n) is 4.52. The molecule has 0 bridgehead atoms. The lowest BCUT2D eigenvalue weighted by Crippen LogP contribution is -2.30. The van der Waals surface area contributed by atoms with Gasteiger partial charge in [-0.2, -0.15) is 5.10 Å². The Morgan fingerprint density at radius 1 is 1.53 bits per heavy atom. The van der Waals surface area contributed by atoms with E-state index in [2.05, 4.69) is 5.10 Å². The number of carbonyl (C=O) groups is 1. The zero-order chi connectivity index (χ0) is 13.2. The molecular weight excluding hydrogens is 240 g/mol. The van der Waals surface area contributed by atoms with Crippen LogP contribution < -0.4 is 0 Å². The minimum Gasteiger partial charge on any atom is -0.373 e. The minimum absolute atomic E-state index is 0.0421. The Morgan fingerprint density at radius 3 is 2.47 bits per heavy atom. The summed E-state index contributed by atoms with van der Waals surface area (Å²) < 4.78 is 6.79. The number of methoxy groups -OCH3 is 1. The summed E-state index contributed by atoms with van der Waals surface area (Å²) in [7, 11) is 3.32. The molecule has 1 rings (SSSR count). The van der Waals surface area contributed by atoms with Gasteiger partial charge in [-0.15, -0.1) is 0 Å². The van der Waals surface area contributed by atoms with Crippen LogP contribution in [0, 0.1) is 12.8 Å². The number of ether oxygens (including phenoxy) is 1. The van der Waals surface area contributed by atoms with Crippen molar-refractivity contribution in [2.24, 2.45) is 13.0 Å². The molecule has 1 unspecified atom stereocenters. The molecule has 0 spiro atoms. The van der Waals surface area contributed by atoms with Gasteiger partial charge in [0.05, 0.1) is 5.69 Å². The highest BCUT2D eigenvalue weighted by atomic mass is 35.5. The Labute approximate surface area is 107 Å². The summed E-state index contributed by atoms with van der Waals surface area (Å²) >= 11 is 6.09. The Kier molecular flexibility index (Phi) is 4.71. The largest absolute Gasteiger partial charge is 0.373 e. The van der Waals surface area contributed by atoms with Crippen LogP contribution in [0.3, 0.4) is 0 Å². The smallest absolute Gasteiger partial charge is 0.166 e. The number of rotatable bonds is 5. The fraction of sp³-hybridized carbons (Fsp3) is 0.667. The zero-order valence-electron chi connectivity index (χ0n) is 11.0. The molecule has 4 nitrogen and oxygen atoms in total. The van der Waals surface area contributed by atoms with Crippen molar-refractivity contribution >= 4 is 17.4 Å². The summed E-state index contributed by atoms with van der Waals surface area (Å²) in [4.78, 5) is 12.1. The number of Topliss-reactive ketones (excluding diaryl/α,β-unsaturated/α-hetero) is 1. The van der Waals surface area contributed by atoms with Crippen LogP contribution in [-0.4, -0.2) is 28.8 Å². The van der Waals surface area contributed by atoms with Crippen LogP contribution in [0.1, 0.15) is 25.1 Å². The third-order valence-corrected chi connectivity index (χ3v) is 3.27. The predicted octanol–water partition coefficient (Wildman–Crippen LogP) is 2.16. The normalized spacial score (nSPS) is 13.1. The molecule has 96 valence electrons. The van der Waals surface area contributed by atoms with Crippen LogP contribution in [0.5, 0.6) is 0 Å². The second kappa shape index (κ2) is 5.65. The first kappa shape index (κ1) is 14.2. The van der Waals surface area contributed by atoms with E-state index < -0.39 is 0 Å². The third kappa shape index (κ3) is 3.07. The Balaban J connectivity index is 2.87. The summed E-state index contributed by atoms with van der Waals surface area (Å²) in [5.74, 6) is 0.198. The van der Waals surface area contributed by atoms with Crippen LogP contribution >= 0.6 is 11.6 Å². The van der Waals surface area contributed by atoms with E-state index in [4.69, 9.17) is 16.3 Å². The molecule has 0 aliphatic heterocycles. The monoisotopic (exact) mass is 258 g/mol. The zero-order valence-corrected chi connectivity index (χ0v) is 11.7. The van der Waals surface area contributed by atoms with Gasteiger partial charge in [-0.25, -0.2) is 0 Å². The van der Waals surface area contributed by atoms with Crippen LogP contribution in [0.4, 0.5) is 0 Å². The lowest BCUT2D eigenvalue weighted by atomic mass is 9.98. The molecule has 17 heavy (non-hydrogen) atoms. The van der Waals surface area contributed by atoms with Gasteiger partial charge in [0.2, 0.25) is 0 Å². The van der Waals surface area contributed by atoms with Crippen molar-refractivity contribution in [3.63, 3.8) is 0 Å². The highest BCUT2D eigenvalue weighted by Crippen LogP contribution is 2.21. The van der Waals surface area contributed by atoms with Crippen molar-refractivity contribution in [2.75, 3.05) is 7.11 Å². The molecule has 0 fully saturated rings. The van der Waals surface area contributed by atoms with Gasteiger partial charge >= 0.3 is 0 Å². The first-order chi connectivity index (χ1) is 7.88. The third-order valence-electron chi connectivity index (χ3n) is 2.80. The standard InChI is InChI=1S/C12H19ClN2O2/c1-7(2)11(17-5)10(16)6-9-8(3)14-15(4)12(9)13/h7,11H,6H2,1-5H3. The SMILES string of the molecule is COC(C(=O)Cc1c(C)nn(C)c1Cl)C(C)C. The number of aryl methyl sites for hydroxylation is 2. The van der Waals surface area contributed by atoms with Crippen molar-refractivity contribution in [3.05, 3.63) is 16.4 Å². The molecule has 0 amide bonds. The van der Waals surface area contributed by atoms with Gasteiger partial charge in [-0.3, -0.25) is 9.48 Å². The molecule has 0 aromatic carbocycles. The predicted molar refractivity (Wildman–Crippen MR) is 67.3 cm³/mol.